The zero-order valence-electron chi connectivity index (χ0n) is 15.2. The summed E-state index contributed by atoms with van der Waals surface area (Å²) in [5.41, 5.74) is -0.0652. The highest BCUT2D eigenvalue weighted by atomic mass is 19.4. The molecule has 0 spiro atoms. The maximum atomic E-state index is 13.3. The van der Waals surface area contributed by atoms with Crippen LogP contribution in [0.5, 0.6) is 11.5 Å². The molecule has 4 rings (SSSR count). The molecule has 0 aliphatic carbocycles. The summed E-state index contributed by atoms with van der Waals surface area (Å²) in [4.78, 5) is 22.1. The highest BCUT2D eigenvalue weighted by molar-refractivity contribution is 5.92. The summed E-state index contributed by atoms with van der Waals surface area (Å²) in [6.45, 7) is 2.71. The van der Waals surface area contributed by atoms with Crippen molar-refractivity contribution in [2.75, 3.05) is 30.4 Å². The number of carbonyl (C=O) groups is 1. The van der Waals surface area contributed by atoms with E-state index in [1.165, 1.54) is 0 Å². The van der Waals surface area contributed by atoms with Gasteiger partial charge in [0.15, 0.2) is 17.8 Å². The van der Waals surface area contributed by atoms with E-state index in [0.717, 1.165) is 6.20 Å². The van der Waals surface area contributed by atoms with Gasteiger partial charge in [0, 0.05) is 12.7 Å². The number of hydrogen-bond acceptors (Lipinski definition) is 7. The number of halogens is 3. The molecule has 0 bridgehead atoms. The number of carbonyl (C=O) groups excluding carboxylic acids is 1. The van der Waals surface area contributed by atoms with E-state index in [9.17, 15) is 18.0 Å². The number of H-pyrrole nitrogens is 1. The molecule has 2 aromatic heterocycles. The minimum absolute atomic E-state index is 0.0290. The predicted molar refractivity (Wildman–Crippen MR) is 99.2 cm³/mol. The van der Waals surface area contributed by atoms with Gasteiger partial charge in [-0.05, 0) is 19.1 Å². The van der Waals surface area contributed by atoms with E-state index in [2.05, 4.69) is 25.6 Å². The molecular weight excluding hydrogens is 391 g/mol. The van der Waals surface area contributed by atoms with Crippen molar-refractivity contribution in [3.63, 3.8) is 0 Å². The molecule has 0 unspecified atom stereocenters. The zero-order valence-corrected chi connectivity index (χ0v) is 15.2. The fourth-order valence-corrected chi connectivity index (χ4v) is 3.08. The van der Waals surface area contributed by atoms with Gasteiger partial charge >= 0.3 is 6.18 Å². The van der Waals surface area contributed by atoms with Gasteiger partial charge in [-0.15, -0.1) is 0 Å². The molecule has 0 amide bonds. The summed E-state index contributed by atoms with van der Waals surface area (Å²) in [5, 5.41) is 5.64. The number of aromatic nitrogens is 3. The molecule has 1 aromatic carbocycles. The van der Waals surface area contributed by atoms with Crippen molar-refractivity contribution < 1.29 is 27.4 Å². The van der Waals surface area contributed by atoms with Gasteiger partial charge in [0.2, 0.25) is 5.95 Å². The number of aldehydes is 1. The average molecular weight is 407 g/mol. The number of rotatable bonds is 5. The van der Waals surface area contributed by atoms with Crippen LogP contribution in [-0.2, 0) is 6.18 Å². The first-order valence-electron chi connectivity index (χ1n) is 8.77. The summed E-state index contributed by atoms with van der Waals surface area (Å²) in [5.74, 6) is 0.712. The lowest BCUT2D eigenvalue weighted by molar-refractivity contribution is -0.136. The van der Waals surface area contributed by atoms with Crippen molar-refractivity contribution in [1.29, 1.82) is 0 Å². The molecule has 0 atom stereocenters. The minimum atomic E-state index is -4.55. The Hall–Kier alpha value is -3.50. The predicted octanol–water partition coefficient (Wildman–Crippen LogP) is 3.74. The Morgan fingerprint density at radius 3 is 2.66 bits per heavy atom. The van der Waals surface area contributed by atoms with Crippen LogP contribution in [0.25, 0.3) is 11.0 Å². The second-order valence-corrected chi connectivity index (χ2v) is 6.15. The Morgan fingerprint density at radius 1 is 1.21 bits per heavy atom. The van der Waals surface area contributed by atoms with E-state index in [1.807, 2.05) is 0 Å². The van der Waals surface area contributed by atoms with Crippen molar-refractivity contribution in [3.05, 3.63) is 29.5 Å². The number of fused-ring (bicyclic) bond motifs is 2. The van der Waals surface area contributed by atoms with Crippen LogP contribution in [-0.4, -0.2) is 41.0 Å². The third-order valence-electron chi connectivity index (χ3n) is 4.27. The van der Waals surface area contributed by atoms with Gasteiger partial charge in [-0.3, -0.25) is 4.79 Å². The quantitative estimate of drug-likeness (QED) is 0.554. The number of alkyl halides is 3. The molecule has 3 aromatic rings. The lowest BCUT2D eigenvalue weighted by atomic mass is 10.1. The number of aromatic amines is 1. The van der Waals surface area contributed by atoms with Crippen LogP contribution in [0.2, 0.25) is 0 Å². The first kappa shape index (κ1) is 18.8. The van der Waals surface area contributed by atoms with E-state index < -0.39 is 11.7 Å². The van der Waals surface area contributed by atoms with Crippen LogP contribution in [0.1, 0.15) is 22.8 Å². The normalized spacial score (nSPS) is 13.4. The molecule has 1 aliphatic heterocycles. The Morgan fingerprint density at radius 2 is 1.97 bits per heavy atom. The Labute approximate surface area is 162 Å². The third-order valence-corrected chi connectivity index (χ3v) is 4.27. The maximum Gasteiger partial charge on any atom is 0.418 e. The summed E-state index contributed by atoms with van der Waals surface area (Å²) in [6, 6.07) is 3.14. The fourth-order valence-electron chi connectivity index (χ4n) is 3.08. The molecule has 29 heavy (non-hydrogen) atoms. The fraction of sp³-hybridized carbons (Fsp3) is 0.278. The van der Waals surface area contributed by atoms with E-state index in [1.54, 1.807) is 19.1 Å². The highest BCUT2D eigenvalue weighted by Crippen LogP contribution is 2.42. The number of nitrogens with one attached hydrogen (secondary N) is 3. The molecule has 0 radical (unpaired) electrons. The highest BCUT2D eigenvalue weighted by Gasteiger charge is 2.35. The molecule has 3 N–H and O–H groups in total. The number of hydrogen-bond donors (Lipinski definition) is 3. The first-order valence-corrected chi connectivity index (χ1v) is 8.77. The molecule has 8 nitrogen and oxygen atoms in total. The van der Waals surface area contributed by atoms with Gasteiger partial charge in [0.05, 0.1) is 22.2 Å². The molecule has 0 fully saturated rings. The molecule has 1 aliphatic rings. The van der Waals surface area contributed by atoms with Crippen molar-refractivity contribution in [2.45, 2.75) is 13.1 Å². The summed E-state index contributed by atoms with van der Waals surface area (Å²) in [7, 11) is 0. The van der Waals surface area contributed by atoms with Gasteiger partial charge in [0.25, 0.3) is 0 Å². The van der Waals surface area contributed by atoms with Crippen LogP contribution in [0.3, 0.4) is 0 Å². The van der Waals surface area contributed by atoms with Crippen LogP contribution in [0.4, 0.5) is 30.6 Å². The van der Waals surface area contributed by atoms with Gasteiger partial charge in [-0.1, -0.05) is 0 Å². The lowest BCUT2D eigenvalue weighted by Gasteiger charge is -2.22. The molecular formula is C18H16F3N5O3. The Bertz CT molecular complexity index is 1080. The Kier molecular flexibility index (Phi) is 4.65. The smallest absolute Gasteiger partial charge is 0.418 e. The zero-order chi connectivity index (χ0) is 20.6. The minimum Gasteiger partial charge on any atom is -0.485 e. The number of nitrogens with zero attached hydrogens (tertiary/aromatic N) is 2. The SMILES string of the molecule is CCNc1nc(Nc2ccc(C=O)c3c2OCCO3)nc2[nH]cc(C(F)(F)F)c12. The molecule has 0 saturated heterocycles. The lowest BCUT2D eigenvalue weighted by Crippen LogP contribution is -2.18. The molecule has 3 heterocycles. The Balaban J connectivity index is 1.79. The molecule has 0 saturated carbocycles. The summed E-state index contributed by atoms with van der Waals surface area (Å²) in [6.07, 6.45) is -3.03. The third kappa shape index (κ3) is 3.39. The van der Waals surface area contributed by atoms with Crippen molar-refractivity contribution in [3.8, 4) is 11.5 Å². The number of benzene rings is 1. The van der Waals surface area contributed by atoms with Crippen LogP contribution in [0.15, 0.2) is 18.3 Å². The van der Waals surface area contributed by atoms with Crippen LogP contribution >= 0.6 is 0 Å². The van der Waals surface area contributed by atoms with Crippen molar-refractivity contribution in [1.82, 2.24) is 15.0 Å². The largest absolute Gasteiger partial charge is 0.485 e. The maximum absolute atomic E-state index is 13.3. The standard InChI is InChI=1S/C18H16F3N5O3/c1-2-22-15-12-10(18(19,20)21)7-23-16(12)26-17(25-15)24-11-4-3-9(8-27)13-14(11)29-6-5-28-13/h3-4,7-8H,2,5-6H2,1H3,(H3,22,23,24,25,26). The van der Waals surface area contributed by atoms with E-state index in [0.29, 0.717) is 42.2 Å². The van der Waals surface area contributed by atoms with E-state index in [4.69, 9.17) is 9.47 Å². The van der Waals surface area contributed by atoms with Crippen LogP contribution in [0, 0.1) is 0 Å². The average Bonchev–Trinajstić information content (AvgIpc) is 3.13. The monoisotopic (exact) mass is 407 g/mol. The van der Waals surface area contributed by atoms with Crippen molar-refractivity contribution >= 4 is 34.8 Å². The second kappa shape index (κ2) is 7.15. The van der Waals surface area contributed by atoms with Crippen LogP contribution < -0.4 is 20.1 Å². The second-order valence-electron chi connectivity index (χ2n) is 6.15. The summed E-state index contributed by atoms with van der Waals surface area (Å²) >= 11 is 0. The summed E-state index contributed by atoms with van der Waals surface area (Å²) < 4.78 is 51.0. The topological polar surface area (TPSA) is 101 Å². The van der Waals surface area contributed by atoms with Gasteiger partial charge in [-0.2, -0.15) is 23.1 Å². The molecule has 11 heteroatoms. The molecule has 152 valence electrons. The van der Waals surface area contributed by atoms with Gasteiger partial charge < -0.3 is 25.1 Å². The number of ether oxygens (including phenoxy) is 2. The van der Waals surface area contributed by atoms with E-state index >= 15 is 0 Å². The van der Waals surface area contributed by atoms with Gasteiger partial charge in [-0.25, -0.2) is 0 Å². The van der Waals surface area contributed by atoms with Gasteiger partial charge in [0.1, 0.15) is 24.7 Å². The number of anilines is 3. The first-order chi connectivity index (χ1) is 13.9. The van der Waals surface area contributed by atoms with E-state index in [-0.39, 0.29) is 29.4 Å². The van der Waals surface area contributed by atoms with Crippen molar-refractivity contribution in [2.24, 2.45) is 0 Å².